The summed E-state index contributed by atoms with van der Waals surface area (Å²) in [5, 5.41) is 7.08. The Morgan fingerprint density at radius 3 is 2.53 bits per heavy atom. The average Bonchev–Trinajstić information content (AvgIpc) is 2.81. The lowest BCUT2D eigenvalue weighted by atomic mass is 9.89. The van der Waals surface area contributed by atoms with Gasteiger partial charge < -0.3 is 20.3 Å². The molecule has 1 aliphatic heterocycles. The van der Waals surface area contributed by atoms with E-state index in [0.29, 0.717) is 16.1 Å². The van der Waals surface area contributed by atoms with Crippen molar-refractivity contribution in [2.75, 3.05) is 32.1 Å². The van der Waals surface area contributed by atoms with E-state index in [-0.39, 0.29) is 23.9 Å². The van der Waals surface area contributed by atoms with Crippen LogP contribution in [-0.4, -0.2) is 49.4 Å². The van der Waals surface area contributed by atoms with E-state index in [1.807, 2.05) is 43.3 Å². The molecule has 194 valence electrons. The summed E-state index contributed by atoms with van der Waals surface area (Å²) in [5.74, 6) is -0.157. The topological polar surface area (TPSA) is 79.4 Å². The largest absolute Gasteiger partial charge is 0.573 e. The molecule has 0 bridgehead atoms. The Balaban J connectivity index is 0.00000361. The van der Waals surface area contributed by atoms with Crippen LogP contribution in [0.3, 0.4) is 0 Å². The third-order valence-corrected chi connectivity index (χ3v) is 6.35. The van der Waals surface area contributed by atoms with E-state index in [0.717, 1.165) is 42.9 Å². The van der Waals surface area contributed by atoms with E-state index in [4.69, 9.17) is 9.97 Å². The third kappa shape index (κ3) is 6.57. The molecule has 3 aromatic rings. The number of anilines is 1. The monoisotopic (exact) mass is 587 g/mol. The van der Waals surface area contributed by atoms with E-state index < -0.39 is 24.1 Å². The summed E-state index contributed by atoms with van der Waals surface area (Å²) >= 11 is 3.14. The lowest BCUT2D eigenvalue weighted by molar-refractivity contribution is -0.274. The van der Waals surface area contributed by atoms with Gasteiger partial charge in [0.25, 0.3) is 5.91 Å². The average molecular weight is 589 g/mol. The number of benzene rings is 2. The highest BCUT2D eigenvalue weighted by atomic mass is 79.9. The van der Waals surface area contributed by atoms with Gasteiger partial charge in [-0.2, -0.15) is 0 Å². The first-order chi connectivity index (χ1) is 16.6. The van der Waals surface area contributed by atoms with E-state index in [1.165, 1.54) is 12.1 Å². The Bertz CT molecular complexity index is 1220. The van der Waals surface area contributed by atoms with Gasteiger partial charge >= 0.3 is 6.36 Å². The highest BCUT2D eigenvalue weighted by molar-refractivity contribution is 9.10. The molecule has 1 amide bonds. The second-order valence-corrected chi connectivity index (χ2v) is 9.46. The SMILES string of the molecule is CN(C)c1nc(C(NC(=O)c2ccc(Br)cc2OC(F)(F)F)C2CCNCC2)nc2ccccc12.Cl. The zero-order valence-electron chi connectivity index (χ0n) is 19.6. The van der Waals surface area contributed by atoms with Crippen molar-refractivity contribution in [2.45, 2.75) is 25.2 Å². The number of nitrogens with one attached hydrogen (secondary N) is 2. The summed E-state index contributed by atoms with van der Waals surface area (Å²) in [7, 11) is 3.75. The standard InChI is InChI=1S/C24H25BrF3N5O2.ClH/c1-33(2)22-16-5-3-4-6-18(16)30-21(32-22)20(14-9-11-29-12-10-14)31-23(34)17-8-7-15(25)13-19(17)35-24(26,27)28;/h3-8,13-14,20,29H,9-12H2,1-2H3,(H,31,34);1H. The molecule has 1 unspecified atom stereocenters. The molecule has 1 aliphatic rings. The Hall–Kier alpha value is -2.63. The van der Waals surface area contributed by atoms with Crippen LogP contribution in [0.4, 0.5) is 19.0 Å². The van der Waals surface area contributed by atoms with Gasteiger partial charge in [-0.1, -0.05) is 28.1 Å². The summed E-state index contributed by atoms with van der Waals surface area (Å²) in [6, 6.07) is 10.9. The highest BCUT2D eigenvalue weighted by Gasteiger charge is 2.35. The van der Waals surface area contributed by atoms with Crippen LogP contribution in [-0.2, 0) is 0 Å². The number of rotatable bonds is 6. The van der Waals surface area contributed by atoms with E-state index in [1.54, 1.807) is 0 Å². The molecule has 0 saturated carbocycles. The molecule has 1 fully saturated rings. The fourth-order valence-corrected chi connectivity index (χ4v) is 4.58. The minimum absolute atomic E-state index is 0. The second-order valence-electron chi connectivity index (χ2n) is 8.54. The molecule has 4 rings (SSSR count). The van der Waals surface area contributed by atoms with E-state index in [2.05, 4.69) is 31.3 Å². The molecular weight excluding hydrogens is 563 g/mol. The molecule has 12 heteroatoms. The third-order valence-electron chi connectivity index (χ3n) is 5.86. The maximum absolute atomic E-state index is 13.3. The first-order valence-corrected chi connectivity index (χ1v) is 11.9. The molecule has 2 N–H and O–H groups in total. The van der Waals surface area contributed by atoms with Crippen molar-refractivity contribution in [1.29, 1.82) is 0 Å². The van der Waals surface area contributed by atoms with Crippen LogP contribution in [0.5, 0.6) is 5.75 Å². The number of halogens is 5. The normalized spacial score (nSPS) is 15.2. The minimum Gasteiger partial charge on any atom is -0.405 e. The molecule has 36 heavy (non-hydrogen) atoms. The van der Waals surface area contributed by atoms with Crippen LogP contribution in [0, 0.1) is 5.92 Å². The number of ether oxygens (including phenoxy) is 1. The summed E-state index contributed by atoms with van der Waals surface area (Å²) in [6.45, 7) is 1.51. The predicted octanol–water partition coefficient (Wildman–Crippen LogP) is 5.25. The van der Waals surface area contributed by atoms with Gasteiger partial charge in [0.1, 0.15) is 11.6 Å². The smallest absolute Gasteiger partial charge is 0.405 e. The van der Waals surface area contributed by atoms with E-state index >= 15 is 0 Å². The number of carbonyl (C=O) groups is 1. The number of piperidine rings is 1. The van der Waals surface area contributed by atoms with Crippen molar-refractivity contribution in [3.63, 3.8) is 0 Å². The number of alkyl halides is 3. The quantitative estimate of drug-likeness (QED) is 0.410. The molecule has 0 spiro atoms. The highest BCUT2D eigenvalue weighted by Crippen LogP contribution is 2.33. The molecule has 0 radical (unpaired) electrons. The molecule has 7 nitrogen and oxygen atoms in total. The van der Waals surface area contributed by atoms with Crippen molar-refractivity contribution in [3.05, 3.63) is 58.3 Å². The van der Waals surface area contributed by atoms with Crippen molar-refractivity contribution in [1.82, 2.24) is 20.6 Å². The van der Waals surface area contributed by atoms with E-state index in [9.17, 15) is 18.0 Å². The van der Waals surface area contributed by atoms with Gasteiger partial charge in [-0.15, -0.1) is 25.6 Å². The molecule has 2 heterocycles. The van der Waals surface area contributed by atoms with Gasteiger partial charge in [-0.25, -0.2) is 9.97 Å². The van der Waals surface area contributed by atoms with Gasteiger partial charge in [0.2, 0.25) is 0 Å². The van der Waals surface area contributed by atoms with Gasteiger partial charge in [0.05, 0.1) is 17.1 Å². The predicted molar refractivity (Wildman–Crippen MR) is 138 cm³/mol. The second kappa shape index (κ2) is 11.6. The molecular formula is C24H26BrClF3N5O2. The van der Waals surface area contributed by atoms with Gasteiger partial charge in [0, 0.05) is 24.0 Å². The summed E-state index contributed by atoms with van der Waals surface area (Å²) in [5.41, 5.74) is 0.497. The Morgan fingerprint density at radius 1 is 1.17 bits per heavy atom. The molecule has 1 aromatic heterocycles. The zero-order chi connectivity index (χ0) is 25.2. The van der Waals surface area contributed by atoms with Crippen molar-refractivity contribution < 1.29 is 22.7 Å². The summed E-state index contributed by atoms with van der Waals surface area (Å²) in [6.07, 6.45) is -3.43. The Kier molecular flexibility index (Phi) is 9.02. The first-order valence-electron chi connectivity index (χ1n) is 11.1. The number of hydrogen-bond acceptors (Lipinski definition) is 6. The number of aromatic nitrogens is 2. The van der Waals surface area contributed by atoms with Gasteiger partial charge in [-0.3, -0.25) is 4.79 Å². The number of para-hydroxylation sites is 1. The lowest BCUT2D eigenvalue weighted by Crippen LogP contribution is -2.40. The first kappa shape index (κ1) is 27.9. The number of carbonyl (C=O) groups excluding carboxylic acids is 1. The van der Waals surface area contributed by atoms with Crippen LogP contribution >= 0.6 is 28.3 Å². The van der Waals surface area contributed by atoms with Crippen molar-refractivity contribution in [3.8, 4) is 5.75 Å². The summed E-state index contributed by atoms with van der Waals surface area (Å²) < 4.78 is 43.5. The molecule has 0 aliphatic carbocycles. The van der Waals surface area contributed by atoms with Crippen LogP contribution in [0.1, 0.15) is 35.1 Å². The number of nitrogens with zero attached hydrogens (tertiary/aromatic N) is 3. The van der Waals surface area contributed by atoms with Crippen molar-refractivity contribution in [2.24, 2.45) is 5.92 Å². The Morgan fingerprint density at radius 2 is 1.86 bits per heavy atom. The number of amides is 1. The fourth-order valence-electron chi connectivity index (χ4n) is 4.24. The Labute approximate surface area is 221 Å². The van der Waals surface area contributed by atoms with Crippen molar-refractivity contribution >= 4 is 51.0 Å². The van der Waals surface area contributed by atoms with Crippen LogP contribution in [0.15, 0.2) is 46.9 Å². The fraction of sp³-hybridized carbons (Fsp3) is 0.375. The summed E-state index contributed by atoms with van der Waals surface area (Å²) in [4.78, 5) is 24.7. The number of fused-ring (bicyclic) bond motifs is 1. The molecule has 1 atom stereocenters. The molecule has 2 aromatic carbocycles. The van der Waals surface area contributed by atoms with Crippen LogP contribution in [0.25, 0.3) is 10.9 Å². The molecule has 1 saturated heterocycles. The van der Waals surface area contributed by atoms with Gasteiger partial charge in [-0.05, 0) is 62.2 Å². The maximum atomic E-state index is 13.3. The number of hydrogen-bond donors (Lipinski definition) is 2. The lowest BCUT2D eigenvalue weighted by Gasteiger charge is -2.31. The minimum atomic E-state index is -4.94. The van der Waals surface area contributed by atoms with Crippen LogP contribution in [0.2, 0.25) is 0 Å². The van der Waals surface area contributed by atoms with Crippen LogP contribution < -0.4 is 20.3 Å². The zero-order valence-corrected chi connectivity index (χ0v) is 22.0. The maximum Gasteiger partial charge on any atom is 0.573 e. The van der Waals surface area contributed by atoms with Gasteiger partial charge in [0.15, 0.2) is 5.82 Å².